The summed E-state index contributed by atoms with van der Waals surface area (Å²) in [5.41, 5.74) is 0. The molecule has 13 heavy (non-hydrogen) atoms. The van der Waals surface area contributed by atoms with Crippen LogP contribution in [0.15, 0.2) is 0 Å². The van der Waals surface area contributed by atoms with E-state index < -0.39 is 10.0 Å². The first-order valence-electron chi connectivity index (χ1n) is 3.92. The van der Waals surface area contributed by atoms with Crippen molar-refractivity contribution in [1.29, 1.82) is 0 Å². The van der Waals surface area contributed by atoms with Gasteiger partial charge in [0.25, 0.3) is 0 Å². The number of unbranched alkanes of at least 4 members (excludes halogenated alkanes) is 1. The molecule has 0 saturated heterocycles. The summed E-state index contributed by atoms with van der Waals surface area (Å²) in [6.07, 6.45) is 0.520. The number of aliphatic hydroxyl groups is 1. The minimum atomic E-state index is -1.87. The van der Waals surface area contributed by atoms with Crippen molar-refractivity contribution in [3.05, 3.63) is 0 Å². The van der Waals surface area contributed by atoms with E-state index in [2.05, 4.69) is 5.32 Å². The first-order valence-corrected chi connectivity index (χ1v) is 5.05. The Balaban J connectivity index is 3.79. The molecule has 0 aromatic rings. The standard InChI is InChI=1S/C7H12Cl3NO2/c1-2-3-4-5(12)11-6(13)7(8,9)10/h6,13H,2-4H2,1H3,(H,11,12)/t6-/m1/s1. The zero-order chi connectivity index (χ0) is 10.5. The van der Waals surface area contributed by atoms with E-state index in [4.69, 9.17) is 39.9 Å². The van der Waals surface area contributed by atoms with Crippen molar-refractivity contribution in [2.75, 3.05) is 0 Å². The van der Waals surface area contributed by atoms with Gasteiger partial charge in [-0.2, -0.15) is 0 Å². The van der Waals surface area contributed by atoms with Crippen LogP contribution in [0.5, 0.6) is 0 Å². The van der Waals surface area contributed by atoms with E-state index in [1.165, 1.54) is 0 Å². The third-order valence-electron chi connectivity index (χ3n) is 1.37. The fraction of sp³-hybridized carbons (Fsp3) is 0.857. The first kappa shape index (κ1) is 13.3. The minimum Gasteiger partial charge on any atom is -0.369 e. The molecule has 78 valence electrons. The zero-order valence-corrected chi connectivity index (χ0v) is 9.46. The van der Waals surface area contributed by atoms with Gasteiger partial charge in [0.2, 0.25) is 9.70 Å². The molecule has 0 aliphatic rings. The molecule has 0 rings (SSSR count). The van der Waals surface area contributed by atoms with Crippen LogP contribution in [0.1, 0.15) is 26.2 Å². The summed E-state index contributed by atoms with van der Waals surface area (Å²) in [6.45, 7) is 1.96. The van der Waals surface area contributed by atoms with Gasteiger partial charge in [0.1, 0.15) is 0 Å². The van der Waals surface area contributed by atoms with Gasteiger partial charge in [-0.3, -0.25) is 4.79 Å². The molecule has 0 aromatic carbocycles. The van der Waals surface area contributed by atoms with Crippen molar-refractivity contribution in [2.45, 2.75) is 36.2 Å². The quantitative estimate of drug-likeness (QED) is 0.590. The molecule has 0 spiro atoms. The fourth-order valence-corrected chi connectivity index (χ4v) is 0.807. The van der Waals surface area contributed by atoms with Crippen molar-refractivity contribution in [1.82, 2.24) is 5.32 Å². The van der Waals surface area contributed by atoms with E-state index in [-0.39, 0.29) is 5.91 Å². The van der Waals surface area contributed by atoms with E-state index in [0.29, 0.717) is 6.42 Å². The number of aliphatic hydroxyl groups excluding tert-OH is 1. The zero-order valence-electron chi connectivity index (χ0n) is 7.19. The van der Waals surface area contributed by atoms with Crippen molar-refractivity contribution in [3.63, 3.8) is 0 Å². The Kier molecular flexibility index (Phi) is 6.05. The number of amides is 1. The van der Waals surface area contributed by atoms with Gasteiger partial charge in [0.15, 0.2) is 6.23 Å². The van der Waals surface area contributed by atoms with Crippen LogP contribution < -0.4 is 5.32 Å². The molecule has 2 N–H and O–H groups in total. The molecule has 0 aliphatic heterocycles. The van der Waals surface area contributed by atoms with E-state index in [1.54, 1.807) is 0 Å². The van der Waals surface area contributed by atoms with Gasteiger partial charge in [0.05, 0.1) is 0 Å². The van der Waals surface area contributed by atoms with E-state index in [1.807, 2.05) is 6.92 Å². The molecule has 0 radical (unpaired) electrons. The Labute approximate surface area is 92.3 Å². The second-order valence-electron chi connectivity index (χ2n) is 2.62. The van der Waals surface area contributed by atoms with Crippen molar-refractivity contribution < 1.29 is 9.90 Å². The normalized spacial score (nSPS) is 13.9. The van der Waals surface area contributed by atoms with E-state index in [9.17, 15) is 4.79 Å². The van der Waals surface area contributed by atoms with Gasteiger partial charge in [0, 0.05) is 6.42 Å². The van der Waals surface area contributed by atoms with Crippen LogP contribution in [0.3, 0.4) is 0 Å². The van der Waals surface area contributed by atoms with Gasteiger partial charge in [-0.1, -0.05) is 48.1 Å². The third-order valence-corrected chi connectivity index (χ3v) is 1.99. The summed E-state index contributed by atoms with van der Waals surface area (Å²) < 4.78 is -1.87. The molecular formula is C7H12Cl3NO2. The van der Waals surface area contributed by atoms with Crippen LogP contribution in [0.25, 0.3) is 0 Å². The predicted octanol–water partition coefficient (Wildman–Crippen LogP) is 1.98. The number of carbonyl (C=O) groups excluding carboxylic acids is 1. The molecule has 1 amide bonds. The summed E-state index contributed by atoms with van der Waals surface area (Å²) in [5, 5.41) is 11.3. The van der Waals surface area contributed by atoms with Crippen LogP contribution in [-0.4, -0.2) is 21.0 Å². The highest BCUT2D eigenvalue weighted by Crippen LogP contribution is 2.28. The molecule has 0 heterocycles. The number of carbonyl (C=O) groups is 1. The number of hydrogen-bond acceptors (Lipinski definition) is 2. The summed E-state index contributed by atoms with van der Waals surface area (Å²) in [6, 6.07) is 0. The summed E-state index contributed by atoms with van der Waals surface area (Å²) in [5.74, 6) is -0.319. The lowest BCUT2D eigenvalue weighted by Gasteiger charge is -2.19. The molecular weight excluding hydrogens is 236 g/mol. The van der Waals surface area contributed by atoms with Gasteiger partial charge in [-0.15, -0.1) is 0 Å². The summed E-state index contributed by atoms with van der Waals surface area (Å²) >= 11 is 16.0. The van der Waals surface area contributed by atoms with Crippen LogP contribution >= 0.6 is 34.8 Å². The molecule has 0 bridgehead atoms. The molecule has 3 nitrogen and oxygen atoms in total. The van der Waals surface area contributed by atoms with Crippen LogP contribution in [0.4, 0.5) is 0 Å². The molecule has 1 atom stereocenters. The molecule has 0 fully saturated rings. The monoisotopic (exact) mass is 247 g/mol. The number of alkyl halides is 3. The lowest BCUT2D eigenvalue weighted by atomic mass is 10.2. The summed E-state index contributed by atoms with van der Waals surface area (Å²) in [7, 11) is 0. The highest BCUT2D eigenvalue weighted by Gasteiger charge is 2.31. The average Bonchev–Trinajstić information content (AvgIpc) is 1.99. The minimum absolute atomic E-state index is 0.319. The van der Waals surface area contributed by atoms with Crippen molar-refractivity contribution >= 4 is 40.7 Å². The molecule has 0 saturated carbocycles. The van der Waals surface area contributed by atoms with Gasteiger partial charge in [-0.05, 0) is 6.42 Å². The Morgan fingerprint density at radius 3 is 2.46 bits per heavy atom. The number of hydrogen-bond donors (Lipinski definition) is 2. The summed E-state index contributed by atoms with van der Waals surface area (Å²) in [4.78, 5) is 11.0. The Morgan fingerprint density at radius 1 is 1.54 bits per heavy atom. The van der Waals surface area contributed by atoms with Crippen LogP contribution in [0, 0.1) is 0 Å². The van der Waals surface area contributed by atoms with Crippen LogP contribution in [-0.2, 0) is 4.79 Å². The maximum atomic E-state index is 11.0. The Bertz CT molecular complexity index is 170. The maximum absolute atomic E-state index is 11.0. The van der Waals surface area contributed by atoms with E-state index in [0.717, 1.165) is 12.8 Å². The molecule has 0 unspecified atom stereocenters. The molecule has 6 heteroatoms. The molecule has 0 aromatic heterocycles. The second-order valence-corrected chi connectivity index (χ2v) is 4.98. The first-order chi connectivity index (χ1) is 5.88. The maximum Gasteiger partial charge on any atom is 0.234 e. The second kappa shape index (κ2) is 5.91. The topological polar surface area (TPSA) is 49.3 Å². The Hall–Kier alpha value is 0.300. The van der Waals surface area contributed by atoms with Gasteiger partial charge >= 0.3 is 0 Å². The van der Waals surface area contributed by atoms with Crippen molar-refractivity contribution in [3.8, 4) is 0 Å². The van der Waals surface area contributed by atoms with Gasteiger partial charge < -0.3 is 10.4 Å². The highest BCUT2D eigenvalue weighted by molar-refractivity contribution is 6.68. The lowest BCUT2D eigenvalue weighted by molar-refractivity contribution is -0.124. The van der Waals surface area contributed by atoms with Gasteiger partial charge in [-0.25, -0.2) is 0 Å². The molecule has 0 aliphatic carbocycles. The van der Waals surface area contributed by atoms with Crippen molar-refractivity contribution in [2.24, 2.45) is 0 Å². The number of rotatable bonds is 4. The number of halogens is 3. The largest absolute Gasteiger partial charge is 0.369 e. The lowest BCUT2D eigenvalue weighted by Crippen LogP contribution is -2.43. The number of nitrogens with one attached hydrogen (secondary N) is 1. The van der Waals surface area contributed by atoms with E-state index >= 15 is 0 Å². The smallest absolute Gasteiger partial charge is 0.234 e. The predicted molar refractivity (Wildman–Crippen MR) is 54.0 cm³/mol. The van der Waals surface area contributed by atoms with Crippen LogP contribution in [0.2, 0.25) is 0 Å². The Morgan fingerprint density at radius 2 is 2.08 bits per heavy atom. The third kappa shape index (κ3) is 6.38. The SMILES string of the molecule is CCCCC(=O)N[C@H](O)C(Cl)(Cl)Cl. The average molecular weight is 249 g/mol. The highest BCUT2D eigenvalue weighted by atomic mass is 35.6. The fourth-order valence-electron chi connectivity index (χ4n) is 0.644.